The lowest BCUT2D eigenvalue weighted by molar-refractivity contribution is -0.345. The van der Waals surface area contributed by atoms with Crippen LogP contribution in [0.15, 0.2) is 104 Å². The molecule has 196 valence electrons. The molecule has 0 amide bonds. The van der Waals surface area contributed by atoms with Gasteiger partial charge in [-0.3, -0.25) is 0 Å². The molecule has 1 unspecified atom stereocenters. The van der Waals surface area contributed by atoms with Gasteiger partial charge in [-0.15, -0.1) is 6.58 Å². The van der Waals surface area contributed by atoms with Crippen LogP contribution in [0, 0.1) is 0 Å². The second-order valence-electron chi connectivity index (χ2n) is 9.33. The molecule has 0 aromatic heterocycles. The van der Waals surface area contributed by atoms with Crippen LogP contribution < -0.4 is 0 Å². The molecule has 1 aliphatic heterocycles. The molecular formula is C31H36O6. The van der Waals surface area contributed by atoms with E-state index in [4.69, 9.17) is 23.7 Å². The Labute approximate surface area is 219 Å². The standard InChI is InChI=1S/C31H36O6/c1-3-19-34-30-29(36-22-26-17-11-6-12-18-26)31(2,32)28(35-21-25-15-9-5-10-16-25)27(37-30)23-33-20-24-13-7-4-8-14-24/h3-18,27-30,32H,1,19-23H2,2H3/t27-,28-,29+,30?,31+/m1/s1. The summed E-state index contributed by atoms with van der Waals surface area (Å²) in [5, 5.41) is 11.9. The predicted molar refractivity (Wildman–Crippen MR) is 142 cm³/mol. The van der Waals surface area contributed by atoms with Crippen molar-refractivity contribution >= 4 is 0 Å². The van der Waals surface area contributed by atoms with Gasteiger partial charge in [0.15, 0.2) is 6.29 Å². The smallest absolute Gasteiger partial charge is 0.187 e. The fourth-order valence-corrected chi connectivity index (χ4v) is 4.46. The van der Waals surface area contributed by atoms with Gasteiger partial charge in [-0.25, -0.2) is 0 Å². The first kappa shape index (κ1) is 27.2. The van der Waals surface area contributed by atoms with Gasteiger partial charge >= 0.3 is 0 Å². The molecule has 6 heteroatoms. The topological polar surface area (TPSA) is 66.4 Å². The molecule has 0 bridgehead atoms. The SMILES string of the molecule is C=CCOC1O[C@H](COCc2ccccc2)[C@@H](OCc2ccccc2)[C@](C)(O)[C@H]1OCc1ccccc1. The zero-order chi connectivity index (χ0) is 25.9. The number of ether oxygens (including phenoxy) is 5. The maximum atomic E-state index is 11.9. The van der Waals surface area contributed by atoms with E-state index in [9.17, 15) is 5.11 Å². The minimum absolute atomic E-state index is 0.212. The van der Waals surface area contributed by atoms with Gasteiger partial charge in [-0.05, 0) is 23.6 Å². The Morgan fingerprint density at radius 1 is 0.757 bits per heavy atom. The zero-order valence-electron chi connectivity index (χ0n) is 21.3. The summed E-state index contributed by atoms with van der Waals surface area (Å²) in [7, 11) is 0. The Morgan fingerprint density at radius 2 is 1.24 bits per heavy atom. The van der Waals surface area contributed by atoms with E-state index >= 15 is 0 Å². The van der Waals surface area contributed by atoms with Crippen molar-refractivity contribution in [2.45, 2.75) is 56.9 Å². The zero-order valence-corrected chi connectivity index (χ0v) is 21.3. The summed E-state index contributed by atoms with van der Waals surface area (Å²) in [6, 6.07) is 29.6. The van der Waals surface area contributed by atoms with E-state index in [1.807, 2.05) is 91.0 Å². The summed E-state index contributed by atoms with van der Waals surface area (Å²) in [5.74, 6) is 0. The largest absolute Gasteiger partial charge is 0.384 e. The Balaban J connectivity index is 1.53. The third-order valence-electron chi connectivity index (χ3n) is 6.36. The van der Waals surface area contributed by atoms with Crippen LogP contribution in [0.2, 0.25) is 0 Å². The van der Waals surface area contributed by atoms with E-state index in [1.54, 1.807) is 13.0 Å². The van der Waals surface area contributed by atoms with Crippen molar-refractivity contribution in [3.63, 3.8) is 0 Å². The van der Waals surface area contributed by atoms with Crippen LogP contribution in [0.1, 0.15) is 23.6 Å². The van der Waals surface area contributed by atoms with E-state index < -0.39 is 30.2 Å². The number of hydrogen-bond acceptors (Lipinski definition) is 6. The third-order valence-corrected chi connectivity index (χ3v) is 6.36. The lowest BCUT2D eigenvalue weighted by Crippen LogP contribution is -2.67. The fraction of sp³-hybridized carbons (Fsp3) is 0.355. The quantitative estimate of drug-likeness (QED) is 0.329. The number of rotatable bonds is 13. The minimum atomic E-state index is -1.44. The molecule has 1 heterocycles. The fourth-order valence-electron chi connectivity index (χ4n) is 4.46. The van der Waals surface area contributed by atoms with Gasteiger partial charge in [0.1, 0.15) is 23.9 Å². The van der Waals surface area contributed by atoms with E-state index in [-0.39, 0.29) is 13.2 Å². The minimum Gasteiger partial charge on any atom is -0.384 e. The number of aliphatic hydroxyl groups is 1. The highest BCUT2D eigenvalue weighted by Gasteiger charge is 2.55. The second kappa shape index (κ2) is 13.6. The molecular weight excluding hydrogens is 468 g/mol. The third kappa shape index (κ3) is 7.58. The van der Waals surface area contributed by atoms with Crippen LogP contribution in [0.25, 0.3) is 0 Å². The molecule has 3 aromatic carbocycles. The molecule has 0 radical (unpaired) electrons. The molecule has 0 aliphatic carbocycles. The second-order valence-corrected chi connectivity index (χ2v) is 9.33. The highest BCUT2D eigenvalue weighted by Crippen LogP contribution is 2.36. The summed E-state index contributed by atoms with van der Waals surface area (Å²) in [4.78, 5) is 0. The maximum Gasteiger partial charge on any atom is 0.187 e. The van der Waals surface area contributed by atoms with Crippen molar-refractivity contribution in [2.24, 2.45) is 0 Å². The summed E-state index contributed by atoms with van der Waals surface area (Å²) in [6.07, 6.45) is -1.32. The van der Waals surface area contributed by atoms with E-state index in [2.05, 4.69) is 6.58 Å². The van der Waals surface area contributed by atoms with Crippen molar-refractivity contribution in [1.29, 1.82) is 0 Å². The summed E-state index contributed by atoms with van der Waals surface area (Å²) >= 11 is 0. The first-order chi connectivity index (χ1) is 18.1. The molecule has 4 rings (SSSR count). The van der Waals surface area contributed by atoms with Crippen molar-refractivity contribution in [3.8, 4) is 0 Å². The molecule has 6 nitrogen and oxygen atoms in total. The molecule has 1 aliphatic rings. The maximum absolute atomic E-state index is 11.9. The van der Waals surface area contributed by atoms with E-state index in [1.165, 1.54) is 0 Å². The Kier molecular flexibility index (Phi) is 10.0. The lowest BCUT2D eigenvalue weighted by Gasteiger charge is -2.49. The van der Waals surface area contributed by atoms with Crippen molar-refractivity contribution in [2.75, 3.05) is 13.2 Å². The highest BCUT2D eigenvalue weighted by molar-refractivity contribution is 5.16. The first-order valence-electron chi connectivity index (χ1n) is 12.6. The number of hydrogen-bond donors (Lipinski definition) is 1. The Morgan fingerprint density at radius 3 is 1.76 bits per heavy atom. The van der Waals surface area contributed by atoms with Crippen LogP contribution in [-0.2, 0) is 43.5 Å². The van der Waals surface area contributed by atoms with Gasteiger partial charge in [0.05, 0.1) is 33.0 Å². The Bertz CT molecular complexity index is 1060. The lowest BCUT2D eigenvalue weighted by atomic mass is 9.85. The molecule has 37 heavy (non-hydrogen) atoms. The average molecular weight is 505 g/mol. The average Bonchev–Trinajstić information content (AvgIpc) is 2.92. The van der Waals surface area contributed by atoms with Crippen LogP contribution in [0.3, 0.4) is 0 Å². The summed E-state index contributed by atoms with van der Waals surface area (Å²) in [6.45, 7) is 6.94. The normalized spacial score (nSPS) is 25.6. The highest BCUT2D eigenvalue weighted by atomic mass is 16.7. The molecule has 5 atom stereocenters. The molecule has 0 saturated carbocycles. The van der Waals surface area contributed by atoms with E-state index in [0.717, 1.165) is 16.7 Å². The van der Waals surface area contributed by atoms with E-state index in [0.29, 0.717) is 19.8 Å². The van der Waals surface area contributed by atoms with Crippen molar-refractivity contribution < 1.29 is 28.8 Å². The van der Waals surface area contributed by atoms with Crippen molar-refractivity contribution in [1.82, 2.24) is 0 Å². The molecule has 1 fully saturated rings. The molecule has 1 saturated heterocycles. The first-order valence-corrected chi connectivity index (χ1v) is 12.6. The van der Waals surface area contributed by atoms with Gasteiger partial charge in [0, 0.05) is 0 Å². The van der Waals surface area contributed by atoms with Gasteiger partial charge in [-0.1, -0.05) is 97.1 Å². The van der Waals surface area contributed by atoms with Crippen LogP contribution in [-0.4, -0.2) is 48.5 Å². The monoisotopic (exact) mass is 504 g/mol. The summed E-state index contributed by atoms with van der Waals surface area (Å²) < 4.78 is 30.9. The molecule has 3 aromatic rings. The van der Waals surface area contributed by atoms with Gasteiger partial charge in [0.2, 0.25) is 0 Å². The van der Waals surface area contributed by atoms with Gasteiger partial charge in [0.25, 0.3) is 0 Å². The van der Waals surface area contributed by atoms with Gasteiger partial charge < -0.3 is 28.8 Å². The molecule has 1 N–H and O–H groups in total. The van der Waals surface area contributed by atoms with Crippen LogP contribution in [0.4, 0.5) is 0 Å². The Hall–Kier alpha value is -2.84. The van der Waals surface area contributed by atoms with Crippen LogP contribution >= 0.6 is 0 Å². The molecule has 0 spiro atoms. The van der Waals surface area contributed by atoms with Crippen LogP contribution in [0.5, 0.6) is 0 Å². The predicted octanol–water partition coefficient (Wildman–Crippen LogP) is 5.05. The van der Waals surface area contributed by atoms with Gasteiger partial charge in [-0.2, -0.15) is 0 Å². The number of benzene rings is 3. The van der Waals surface area contributed by atoms with Crippen molar-refractivity contribution in [3.05, 3.63) is 120 Å². The summed E-state index contributed by atoms with van der Waals surface area (Å²) in [5.41, 5.74) is 1.59.